The van der Waals surface area contributed by atoms with Gasteiger partial charge < -0.3 is 9.88 Å². The number of hydrogen-bond acceptors (Lipinski definition) is 2. The van der Waals surface area contributed by atoms with Crippen molar-refractivity contribution in [2.24, 2.45) is 0 Å². The fourth-order valence-corrected chi connectivity index (χ4v) is 2.22. The van der Waals surface area contributed by atoms with E-state index in [1.165, 1.54) is 0 Å². The molecule has 0 aliphatic carbocycles. The summed E-state index contributed by atoms with van der Waals surface area (Å²) in [6.07, 6.45) is -4.43. The number of aromatic nitrogens is 1. The minimum atomic E-state index is -4.43. The first-order valence-corrected chi connectivity index (χ1v) is 5.37. The quantitative estimate of drug-likeness (QED) is 0.864. The topological polar surface area (TPSA) is 34.0 Å². The van der Waals surface area contributed by atoms with Crippen LogP contribution in [0.25, 0.3) is 0 Å². The largest absolute Gasteiger partial charge is 0.406 e. The molecule has 102 valence electrons. The first-order chi connectivity index (χ1) is 7.81. The van der Waals surface area contributed by atoms with Gasteiger partial charge in [-0.1, -0.05) is 11.6 Å². The number of nitrogens with one attached hydrogen (secondary N) is 1. The monoisotopic (exact) mass is 302 g/mol. The van der Waals surface area contributed by atoms with Crippen LogP contribution in [0, 0.1) is 6.92 Å². The molecule has 3 nitrogen and oxygen atoms in total. The summed E-state index contributed by atoms with van der Waals surface area (Å²) in [5.74, 6) is 0. The van der Waals surface area contributed by atoms with Crippen molar-refractivity contribution in [3.05, 3.63) is 32.2 Å². The fraction of sp³-hybridized carbons (Fsp3) is 0.500. The maximum absolute atomic E-state index is 12.4. The average molecular weight is 303 g/mol. The first-order valence-electron chi connectivity index (χ1n) is 4.99. The molecular formula is C10H11Cl2F3N2O. The van der Waals surface area contributed by atoms with E-state index in [4.69, 9.17) is 11.6 Å². The van der Waals surface area contributed by atoms with E-state index >= 15 is 0 Å². The number of fused-ring (bicyclic) bond motifs is 1. The van der Waals surface area contributed by atoms with Crippen LogP contribution in [0.3, 0.4) is 0 Å². The lowest BCUT2D eigenvalue weighted by Gasteiger charge is -2.16. The van der Waals surface area contributed by atoms with Crippen molar-refractivity contribution >= 4 is 24.0 Å². The van der Waals surface area contributed by atoms with E-state index in [0.717, 1.165) is 0 Å². The van der Waals surface area contributed by atoms with Crippen molar-refractivity contribution in [3.63, 3.8) is 0 Å². The smallest absolute Gasteiger partial charge is 0.307 e. The average Bonchev–Trinajstić information content (AvgIpc) is 2.68. The zero-order chi connectivity index (χ0) is 12.8. The predicted molar refractivity (Wildman–Crippen MR) is 64.3 cm³/mol. The first kappa shape index (κ1) is 15.3. The molecule has 0 atom stereocenters. The second kappa shape index (κ2) is 5.11. The van der Waals surface area contributed by atoms with Crippen LogP contribution in [0.5, 0.6) is 0 Å². The van der Waals surface area contributed by atoms with Gasteiger partial charge in [0.1, 0.15) is 11.6 Å². The Morgan fingerprint density at radius 3 is 2.56 bits per heavy atom. The molecule has 0 bridgehead atoms. The van der Waals surface area contributed by atoms with Crippen LogP contribution in [-0.2, 0) is 19.6 Å². The Morgan fingerprint density at radius 2 is 2.00 bits per heavy atom. The second-order valence-electron chi connectivity index (χ2n) is 3.97. The number of rotatable bonds is 1. The maximum Gasteiger partial charge on any atom is 0.406 e. The van der Waals surface area contributed by atoms with Crippen LogP contribution in [0.15, 0.2) is 4.79 Å². The zero-order valence-corrected chi connectivity index (χ0v) is 11.0. The van der Waals surface area contributed by atoms with Crippen molar-refractivity contribution in [2.75, 3.05) is 0 Å². The van der Waals surface area contributed by atoms with Crippen molar-refractivity contribution < 1.29 is 13.2 Å². The van der Waals surface area contributed by atoms with Crippen molar-refractivity contribution in [1.82, 2.24) is 9.88 Å². The molecule has 18 heavy (non-hydrogen) atoms. The van der Waals surface area contributed by atoms with E-state index in [1.807, 2.05) is 0 Å². The van der Waals surface area contributed by atoms with Crippen molar-refractivity contribution in [2.45, 2.75) is 32.7 Å². The summed E-state index contributed by atoms with van der Waals surface area (Å²) in [5.41, 5.74) is 0.868. The molecule has 1 aromatic heterocycles. The molecule has 0 saturated heterocycles. The van der Waals surface area contributed by atoms with Crippen molar-refractivity contribution in [1.29, 1.82) is 0 Å². The van der Waals surface area contributed by atoms with E-state index in [2.05, 4.69) is 5.32 Å². The van der Waals surface area contributed by atoms with Crippen LogP contribution < -0.4 is 10.9 Å². The highest BCUT2D eigenvalue weighted by Gasteiger charge is 2.32. The number of halogens is 5. The van der Waals surface area contributed by atoms with Gasteiger partial charge in [-0.15, -0.1) is 12.4 Å². The van der Waals surface area contributed by atoms with Gasteiger partial charge in [0.25, 0.3) is 5.56 Å². The third-order valence-corrected chi connectivity index (χ3v) is 3.27. The van der Waals surface area contributed by atoms with Crippen LogP contribution >= 0.6 is 24.0 Å². The molecule has 2 rings (SSSR count). The molecular weight excluding hydrogens is 292 g/mol. The Hall–Kier alpha value is -0.720. The predicted octanol–water partition coefficient (Wildman–Crippen LogP) is 2.40. The van der Waals surface area contributed by atoms with Gasteiger partial charge >= 0.3 is 6.18 Å². The number of hydrogen-bond donors (Lipinski definition) is 1. The van der Waals surface area contributed by atoms with Gasteiger partial charge in [0.15, 0.2) is 0 Å². The van der Waals surface area contributed by atoms with Gasteiger partial charge in [0, 0.05) is 18.8 Å². The van der Waals surface area contributed by atoms with Crippen LogP contribution in [0.1, 0.15) is 16.8 Å². The summed E-state index contributed by atoms with van der Waals surface area (Å²) >= 11 is 5.77. The van der Waals surface area contributed by atoms with E-state index < -0.39 is 18.3 Å². The summed E-state index contributed by atoms with van der Waals surface area (Å²) in [5, 5.41) is 2.80. The molecule has 0 amide bonds. The fourth-order valence-electron chi connectivity index (χ4n) is 2.00. The lowest BCUT2D eigenvalue weighted by atomic mass is 10.1. The molecule has 0 spiro atoms. The Labute approximate surface area is 112 Å². The van der Waals surface area contributed by atoms with Crippen LogP contribution in [0.2, 0.25) is 5.02 Å². The third-order valence-electron chi connectivity index (χ3n) is 2.82. The van der Waals surface area contributed by atoms with Crippen LogP contribution in [-0.4, -0.2) is 10.7 Å². The minimum Gasteiger partial charge on any atom is -0.307 e. The van der Waals surface area contributed by atoms with Gasteiger partial charge in [-0.2, -0.15) is 13.2 Å². The highest BCUT2D eigenvalue weighted by Crippen LogP contribution is 2.25. The number of nitrogens with zero attached hydrogens (tertiary/aromatic N) is 1. The van der Waals surface area contributed by atoms with Gasteiger partial charge in [-0.05, 0) is 18.1 Å². The Morgan fingerprint density at radius 1 is 1.39 bits per heavy atom. The molecule has 0 radical (unpaired) electrons. The highest BCUT2D eigenvalue weighted by molar-refractivity contribution is 6.31. The molecule has 1 aliphatic heterocycles. The molecule has 1 aliphatic rings. The number of alkyl halides is 3. The molecule has 2 heterocycles. The van der Waals surface area contributed by atoms with Gasteiger partial charge in [-0.25, -0.2) is 0 Å². The summed E-state index contributed by atoms with van der Waals surface area (Å²) in [7, 11) is 0. The normalized spacial score (nSPS) is 14.3. The molecule has 0 fully saturated rings. The van der Waals surface area contributed by atoms with Crippen molar-refractivity contribution in [3.8, 4) is 0 Å². The molecule has 1 N–H and O–H groups in total. The Bertz CT molecular complexity index is 525. The summed E-state index contributed by atoms with van der Waals surface area (Å²) in [6, 6.07) is 0. The molecule has 8 heteroatoms. The summed E-state index contributed by atoms with van der Waals surface area (Å²) in [4.78, 5) is 11.7. The highest BCUT2D eigenvalue weighted by atomic mass is 35.5. The Balaban J connectivity index is 0.00000162. The summed E-state index contributed by atoms with van der Waals surface area (Å²) < 4.78 is 37.9. The maximum atomic E-state index is 12.4. The minimum absolute atomic E-state index is 0. The molecule has 0 aromatic carbocycles. The zero-order valence-electron chi connectivity index (χ0n) is 9.40. The standard InChI is InChI=1S/C10H10ClF3N2O.ClH/c1-5-6-2-15-3-7(6)16(4-10(12,13)14)9(17)8(5)11;/h15H,2-4H2,1H3;1H. The Kier molecular flexibility index (Phi) is 4.35. The van der Waals surface area contributed by atoms with Gasteiger partial charge in [-0.3, -0.25) is 4.79 Å². The lowest BCUT2D eigenvalue weighted by molar-refractivity contribution is -0.141. The van der Waals surface area contributed by atoms with E-state index in [-0.39, 0.29) is 24.0 Å². The second-order valence-corrected chi connectivity index (χ2v) is 4.35. The van der Waals surface area contributed by atoms with E-state index in [9.17, 15) is 18.0 Å². The number of pyridine rings is 1. The van der Waals surface area contributed by atoms with Crippen LogP contribution in [0.4, 0.5) is 13.2 Å². The van der Waals surface area contributed by atoms with Gasteiger partial charge in [0.05, 0.1) is 0 Å². The van der Waals surface area contributed by atoms with Gasteiger partial charge in [0.2, 0.25) is 0 Å². The molecule has 0 unspecified atom stereocenters. The van der Waals surface area contributed by atoms with E-state index in [1.54, 1.807) is 6.92 Å². The SMILES string of the molecule is Cc1c2c(n(CC(F)(F)F)c(=O)c1Cl)CNC2.Cl. The lowest BCUT2D eigenvalue weighted by Crippen LogP contribution is -2.31. The molecule has 0 saturated carbocycles. The van der Waals surface area contributed by atoms with E-state index in [0.29, 0.717) is 27.9 Å². The summed E-state index contributed by atoms with van der Waals surface area (Å²) in [6.45, 7) is 1.06. The molecule has 1 aromatic rings. The third kappa shape index (κ3) is 2.65.